The lowest BCUT2D eigenvalue weighted by atomic mass is 9.95. The summed E-state index contributed by atoms with van der Waals surface area (Å²) in [5.41, 5.74) is 2.33. The van der Waals surface area contributed by atoms with Gasteiger partial charge in [0.15, 0.2) is 11.5 Å². The topological polar surface area (TPSA) is 70.8 Å². The monoisotopic (exact) mass is 359 g/mol. The fourth-order valence-corrected chi connectivity index (χ4v) is 3.37. The molecule has 1 atom stereocenters. The number of ketones is 1. The number of nitrogens with zero attached hydrogens (tertiary/aromatic N) is 1. The highest BCUT2D eigenvalue weighted by Crippen LogP contribution is 2.41. The molecule has 0 bridgehead atoms. The summed E-state index contributed by atoms with van der Waals surface area (Å²) in [7, 11) is 0. The average Bonchev–Trinajstić information content (AvgIpc) is 3.30. The quantitative estimate of drug-likeness (QED) is 0.702. The molecule has 5 heteroatoms. The van der Waals surface area contributed by atoms with E-state index >= 15 is 0 Å². The van der Waals surface area contributed by atoms with Gasteiger partial charge in [-0.2, -0.15) is 0 Å². The molecule has 4 rings (SSSR count). The summed E-state index contributed by atoms with van der Waals surface area (Å²) in [6.45, 7) is 1.92. The van der Waals surface area contributed by atoms with Crippen LogP contribution in [0.5, 0.6) is 0 Å². The number of furan rings is 1. The van der Waals surface area contributed by atoms with E-state index < -0.39 is 23.5 Å². The van der Waals surface area contributed by atoms with Crippen LogP contribution in [0.15, 0.2) is 88.7 Å². The van der Waals surface area contributed by atoms with E-state index in [1.54, 1.807) is 12.1 Å². The minimum atomic E-state index is -0.738. The molecule has 3 aromatic rings. The molecule has 2 heterocycles. The van der Waals surface area contributed by atoms with Crippen molar-refractivity contribution in [2.24, 2.45) is 0 Å². The number of Topliss-reactive ketones (excluding diaryl/α,β-unsaturated/α-hetero) is 1. The second-order valence-corrected chi connectivity index (χ2v) is 6.40. The van der Waals surface area contributed by atoms with E-state index in [0.29, 0.717) is 5.69 Å². The molecular weight excluding hydrogens is 342 g/mol. The van der Waals surface area contributed by atoms with Crippen molar-refractivity contribution in [2.45, 2.75) is 13.0 Å². The highest BCUT2D eigenvalue weighted by Gasteiger charge is 2.45. The van der Waals surface area contributed by atoms with Crippen LogP contribution in [0, 0.1) is 6.92 Å². The van der Waals surface area contributed by atoms with E-state index in [-0.39, 0.29) is 11.3 Å². The fourth-order valence-electron chi connectivity index (χ4n) is 3.37. The van der Waals surface area contributed by atoms with Crippen LogP contribution in [0.1, 0.15) is 27.7 Å². The predicted octanol–water partition coefficient (Wildman–Crippen LogP) is 4.37. The maximum absolute atomic E-state index is 13.0. The molecule has 1 aliphatic rings. The molecule has 134 valence electrons. The number of anilines is 1. The Bertz CT molecular complexity index is 1040. The zero-order chi connectivity index (χ0) is 19.0. The standard InChI is InChI=1S/C22H17NO4/c1-14-7-5-10-16(13-14)23-19(15-8-3-2-4-9-15)18(21(25)22(23)26)20(24)17-11-6-12-27-17/h2-13,19,25H,1H3. The number of aryl methyl sites for hydroxylation is 1. The molecule has 1 amide bonds. The number of aliphatic hydroxyl groups excluding tert-OH is 1. The summed E-state index contributed by atoms with van der Waals surface area (Å²) in [6, 6.07) is 18.9. The van der Waals surface area contributed by atoms with E-state index in [1.807, 2.05) is 55.5 Å². The molecule has 1 aliphatic heterocycles. The molecule has 5 nitrogen and oxygen atoms in total. The zero-order valence-electron chi connectivity index (χ0n) is 14.6. The van der Waals surface area contributed by atoms with Crippen molar-refractivity contribution in [3.63, 3.8) is 0 Å². The third-order valence-electron chi connectivity index (χ3n) is 4.59. The highest BCUT2D eigenvalue weighted by molar-refractivity contribution is 6.20. The Morgan fingerprint density at radius 2 is 1.81 bits per heavy atom. The van der Waals surface area contributed by atoms with Gasteiger partial charge in [0.05, 0.1) is 17.9 Å². The Balaban J connectivity index is 1.89. The normalized spacial score (nSPS) is 16.9. The van der Waals surface area contributed by atoms with Crippen LogP contribution in [0.2, 0.25) is 0 Å². The molecule has 1 unspecified atom stereocenters. The van der Waals surface area contributed by atoms with Crippen LogP contribution in [0.4, 0.5) is 5.69 Å². The minimum absolute atomic E-state index is 0.0163. The summed E-state index contributed by atoms with van der Waals surface area (Å²) in [5, 5.41) is 10.6. The van der Waals surface area contributed by atoms with Crippen molar-refractivity contribution in [1.82, 2.24) is 0 Å². The number of aliphatic hydroxyl groups is 1. The summed E-state index contributed by atoms with van der Waals surface area (Å²) in [5.74, 6) is -1.58. The van der Waals surface area contributed by atoms with Gasteiger partial charge in [0.2, 0.25) is 5.78 Å². The van der Waals surface area contributed by atoms with Gasteiger partial charge in [-0.1, -0.05) is 42.5 Å². The third kappa shape index (κ3) is 2.83. The predicted molar refractivity (Wildman–Crippen MR) is 101 cm³/mol. The van der Waals surface area contributed by atoms with Crippen molar-refractivity contribution in [2.75, 3.05) is 4.90 Å². The van der Waals surface area contributed by atoms with Crippen LogP contribution in [-0.2, 0) is 4.79 Å². The Morgan fingerprint density at radius 3 is 2.48 bits per heavy atom. The van der Waals surface area contributed by atoms with Gasteiger partial charge in [0.1, 0.15) is 0 Å². The van der Waals surface area contributed by atoms with Gasteiger partial charge >= 0.3 is 0 Å². The number of hydrogen-bond donors (Lipinski definition) is 1. The summed E-state index contributed by atoms with van der Waals surface area (Å²) < 4.78 is 5.21. The number of amides is 1. The van der Waals surface area contributed by atoms with E-state index in [1.165, 1.54) is 17.2 Å². The van der Waals surface area contributed by atoms with Gasteiger partial charge in [0.25, 0.3) is 5.91 Å². The van der Waals surface area contributed by atoms with Gasteiger partial charge in [-0.15, -0.1) is 0 Å². The van der Waals surface area contributed by atoms with E-state index in [4.69, 9.17) is 4.42 Å². The minimum Gasteiger partial charge on any atom is -0.503 e. The molecule has 0 saturated carbocycles. The van der Waals surface area contributed by atoms with E-state index in [2.05, 4.69) is 0 Å². The van der Waals surface area contributed by atoms with Crippen molar-refractivity contribution in [1.29, 1.82) is 0 Å². The Hall–Kier alpha value is -3.60. The van der Waals surface area contributed by atoms with Crippen LogP contribution < -0.4 is 4.90 Å². The van der Waals surface area contributed by atoms with Crippen molar-refractivity contribution < 1.29 is 19.1 Å². The van der Waals surface area contributed by atoms with Gasteiger partial charge in [-0.3, -0.25) is 14.5 Å². The lowest BCUT2D eigenvalue weighted by Gasteiger charge is -2.27. The second-order valence-electron chi connectivity index (χ2n) is 6.40. The molecule has 0 radical (unpaired) electrons. The van der Waals surface area contributed by atoms with Gasteiger partial charge in [0, 0.05) is 5.69 Å². The first kappa shape index (κ1) is 16.8. The van der Waals surface area contributed by atoms with Crippen LogP contribution in [0.3, 0.4) is 0 Å². The summed E-state index contributed by atoms with van der Waals surface area (Å²) in [4.78, 5) is 27.4. The van der Waals surface area contributed by atoms with Gasteiger partial charge in [-0.05, 0) is 42.3 Å². The maximum atomic E-state index is 13.0. The van der Waals surface area contributed by atoms with Gasteiger partial charge in [-0.25, -0.2) is 0 Å². The molecular formula is C22H17NO4. The van der Waals surface area contributed by atoms with E-state index in [0.717, 1.165) is 11.1 Å². The fraction of sp³-hybridized carbons (Fsp3) is 0.0909. The first-order valence-electron chi connectivity index (χ1n) is 8.54. The number of carbonyl (C=O) groups excluding carboxylic acids is 2. The lowest BCUT2D eigenvalue weighted by molar-refractivity contribution is -0.117. The summed E-state index contributed by atoms with van der Waals surface area (Å²) in [6.07, 6.45) is 1.39. The SMILES string of the molecule is Cc1cccc(N2C(=O)C(O)=C(C(=O)c3ccco3)C2c2ccccc2)c1. The lowest BCUT2D eigenvalue weighted by Crippen LogP contribution is -2.31. The largest absolute Gasteiger partial charge is 0.503 e. The number of benzene rings is 2. The van der Waals surface area contributed by atoms with Gasteiger partial charge < -0.3 is 9.52 Å². The number of hydrogen-bond acceptors (Lipinski definition) is 4. The molecule has 0 fully saturated rings. The van der Waals surface area contributed by atoms with Crippen LogP contribution in [0.25, 0.3) is 0 Å². The Morgan fingerprint density at radius 1 is 1.04 bits per heavy atom. The van der Waals surface area contributed by atoms with E-state index in [9.17, 15) is 14.7 Å². The van der Waals surface area contributed by atoms with Crippen molar-refractivity contribution in [3.05, 3.63) is 101 Å². The molecule has 1 N–H and O–H groups in total. The zero-order valence-corrected chi connectivity index (χ0v) is 14.6. The number of carbonyl (C=O) groups is 2. The first-order chi connectivity index (χ1) is 13.1. The van der Waals surface area contributed by atoms with Crippen molar-refractivity contribution in [3.8, 4) is 0 Å². The third-order valence-corrected chi connectivity index (χ3v) is 4.59. The summed E-state index contributed by atoms with van der Waals surface area (Å²) >= 11 is 0. The Kier molecular flexibility index (Phi) is 4.12. The van der Waals surface area contributed by atoms with Crippen LogP contribution >= 0.6 is 0 Å². The van der Waals surface area contributed by atoms with Crippen LogP contribution in [-0.4, -0.2) is 16.8 Å². The average molecular weight is 359 g/mol. The molecule has 0 aliphatic carbocycles. The highest BCUT2D eigenvalue weighted by atomic mass is 16.3. The molecule has 0 spiro atoms. The maximum Gasteiger partial charge on any atom is 0.294 e. The molecule has 0 saturated heterocycles. The smallest absolute Gasteiger partial charge is 0.294 e. The second kappa shape index (κ2) is 6.61. The molecule has 2 aromatic carbocycles. The van der Waals surface area contributed by atoms with Crippen molar-refractivity contribution >= 4 is 17.4 Å². The molecule has 27 heavy (non-hydrogen) atoms. The number of rotatable bonds is 4. The first-order valence-corrected chi connectivity index (χ1v) is 8.54. The molecule has 1 aromatic heterocycles. The Labute approximate surface area is 156 Å².